The van der Waals surface area contributed by atoms with Crippen molar-refractivity contribution in [3.8, 4) is 0 Å². The first kappa shape index (κ1) is 5.04. The molecule has 46 valence electrons. The molecule has 0 aromatic heterocycles. The predicted octanol–water partition coefficient (Wildman–Crippen LogP) is 2.59. The molecule has 0 saturated heterocycles. The lowest BCUT2D eigenvalue weighted by atomic mass is 10.1. The first-order valence-electron chi connectivity index (χ1n) is 3.51. The molecule has 0 aliphatic heterocycles. The van der Waals surface area contributed by atoms with Crippen molar-refractivity contribution in [1.82, 2.24) is 0 Å². The van der Waals surface area contributed by atoms with Crippen LogP contribution in [0.3, 0.4) is 0 Å². The molecule has 2 aliphatic carbocycles. The molecule has 9 heavy (non-hydrogen) atoms. The van der Waals surface area contributed by atoms with Crippen molar-refractivity contribution in [2.24, 2.45) is 0 Å². The molecule has 0 heteroatoms. The summed E-state index contributed by atoms with van der Waals surface area (Å²) in [7, 11) is 0. The molecule has 0 heterocycles. The highest BCUT2D eigenvalue weighted by molar-refractivity contribution is 5.38. The van der Waals surface area contributed by atoms with Gasteiger partial charge < -0.3 is 0 Å². The Kier molecular flexibility index (Phi) is 1.05. The minimum Gasteiger partial charge on any atom is -0.0801 e. The van der Waals surface area contributed by atoms with E-state index in [0.717, 1.165) is 0 Å². The van der Waals surface area contributed by atoms with Gasteiger partial charge in [-0.05, 0) is 24.8 Å². The quantitative estimate of drug-likeness (QED) is 0.458. The van der Waals surface area contributed by atoms with Gasteiger partial charge in [0.1, 0.15) is 0 Å². The summed E-state index contributed by atoms with van der Waals surface area (Å²) in [6.07, 6.45) is 12.6. The molecule has 0 aromatic carbocycles. The molecule has 0 nitrogen and oxygen atoms in total. The maximum atomic E-state index is 2.24. The average molecular weight is 118 g/mol. The van der Waals surface area contributed by atoms with Crippen molar-refractivity contribution in [2.75, 3.05) is 0 Å². The lowest BCUT2D eigenvalue weighted by Crippen LogP contribution is -1.78. The van der Waals surface area contributed by atoms with Gasteiger partial charge in [-0.1, -0.05) is 29.9 Å². The van der Waals surface area contributed by atoms with E-state index in [4.69, 9.17) is 0 Å². The largest absolute Gasteiger partial charge is 0.0801 e. The van der Waals surface area contributed by atoms with Crippen LogP contribution in [0, 0.1) is 0 Å². The van der Waals surface area contributed by atoms with E-state index in [1.807, 2.05) is 0 Å². The lowest BCUT2D eigenvalue weighted by Gasteiger charge is -1.98. The van der Waals surface area contributed by atoms with Crippen LogP contribution in [0.25, 0.3) is 0 Å². The normalized spacial score (nSPS) is 23.1. The second-order valence-electron chi connectivity index (χ2n) is 2.62. The third-order valence-electron chi connectivity index (χ3n) is 1.84. The van der Waals surface area contributed by atoms with Gasteiger partial charge in [0.25, 0.3) is 0 Å². The van der Waals surface area contributed by atoms with Gasteiger partial charge in [0, 0.05) is 0 Å². The van der Waals surface area contributed by atoms with Crippen LogP contribution in [0.2, 0.25) is 0 Å². The highest BCUT2D eigenvalue weighted by atomic mass is 14.2. The third kappa shape index (κ3) is 0.973. The van der Waals surface area contributed by atoms with E-state index in [9.17, 15) is 0 Å². The zero-order valence-corrected chi connectivity index (χ0v) is 5.43. The van der Waals surface area contributed by atoms with E-state index >= 15 is 0 Å². The highest BCUT2D eigenvalue weighted by Gasteiger charge is 2.15. The lowest BCUT2D eigenvalue weighted by molar-refractivity contribution is 1.25. The summed E-state index contributed by atoms with van der Waals surface area (Å²) in [5.74, 6) is 0. The van der Waals surface area contributed by atoms with Crippen LogP contribution in [-0.4, -0.2) is 0 Å². The van der Waals surface area contributed by atoms with Crippen molar-refractivity contribution < 1.29 is 0 Å². The van der Waals surface area contributed by atoms with Gasteiger partial charge in [-0.15, -0.1) is 0 Å². The standard InChI is InChI=1S/C9H10/c1-2-4-8(5-3-1)9-6-7-9/h1-4H,5-7H2. The molecule has 2 aliphatic rings. The minimum atomic E-state index is 1.17. The molecule has 1 fully saturated rings. The van der Waals surface area contributed by atoms with Crippen LogP contribution in [0.5, 0.6) is 0 Å². The van der Waals surface area contributed by atoms with Gasteiger partial charge >= 0.3 is 0 Å². The van der Waals surface area contributed by atoms with E-state index in [0.29, 0.717) is 0 Å². The van der Waals surface area contributed by atoms with Gasteiger partial charge in [0.2, 0.25) is 0 Å². The summed E-state index contributed by atoms with van der Waals surface area (Å²) < 4.78 is 0. The van der Waals surface area contributed by atoms with E-state index in [2.05, 4.69) is 24.3 Å². The Morgan fingerprint density at radius 2 is 2.00 bits per heavy atom. The van der Waals surface area contributed by atoms with Gasteiger partial charge in [-0.2, -0.15) is 0 Å². The molecular formula is C9H10. The molecule has 0 bridgehead atoms. The van der Waals surface area contributed by atoms with Crippen LogP contribution in [0.4, 0.5) is 0 Å². The molecule has 0 N–H and O–H groups in total. The Labute approximate surface area is 55.6 Å². The van der Waals surface area contributed by atoms with Gasteiger partial charge in [-0.3, -0.25) is 0 Å². The van der Waals surface area contributed by atoms with Gasteiger partial charge in [-0.25, -0.2) is 0 Å². The zero-order valence-electron chi connectivity index (χ0n) is 5.43. The summed E-state index contributed by atoms with van der Waals surface area (Å²) >= 11 is 0. The molecule has 2 rings (SSSR count). The monoisotopic (exact) mass is 118 g/mol. The van der Waals surface area contributed by atoms with Gasteiger partial charge in [0.05, 0.1) is 0 Å². The maximum absolute atomic E-state index is 2.24. The van der Waals surface area contributed by atoms with Crippen LogP contribution in [-0.2, 0) is 0 Å². The fourth-order valence-corrected chi connectivity index (χ4v) is 1.16. The topological polar surface area (TPSA) is 0 Å². The summed E-state index contributed by atoms with van der Waals surface area (Å²) in [6, 6.07) is 0. The molecule has 0 radical (unpaired) electrons. The molecular weight excluding hydrogens is 108 g/mol. The molecule has 1 saturated carbocycles. The second kappa shape index (κ2) is 1.87. The van der Waals surface area contributed by atoms with Crippen LogP contribution >= 0.6 is 0 Å². The fraction of sp³-hybridized carbons (Fsp3) is 0.333. The molecule has 0 unspecified atom stereocenters. The van der Waals surface area contributed by atoms with Crippen molar-refractivity contribution >= 4 is 0 Å². The zero-order chi connectivity index (χ0) is 6.10. The molecule has 0 atom stereocenters. The average Bonchev–Trinajstić information content (AvgIpc) is 2.71. The Morgan fingerprint density at radius 1 is 1.11 bits per heavy atom. The number of allylic oxidation sites excluding steroid dienone is 6. The second-order valence-corrected chi connectivity index (χ2v) is 2.62. The number of hydrogen-bond acceptors (Lipinski definition) is 0. The number of hydrogen-bond donors (Lipinski definition) is 0. The van der Waals surface area contributed by atoms with Crippen molar-refractivity contribution in [3.63, 3.8) is 0 Å². The van der Waals surface area contributed by atoms with Crippen molar-refractivity contribution in [3.05, 3.63) is 35.5 Å². The van der Waals surface area contributed by atoms with Crippen LogP contribution in [0.1, 0.15) is 19.3 Å². The van der Waals surface area contributed by atoms with Crippen LogP contribution in [0.15, 0.2) is 35.5 Å². The summed E-state index contributed by atoms with van der Waals surface area (Å²) in [6.45, 7) is 0. The highest BCUT2D eigenvalue weighted by Crippen LogP contribution is 2.34. The van der Waals surface area contributed by atoms with Crippen molar-refractivity contribution in [1.29, 1.82) is 0 Å². The summed E-state index contributed by atoms with van der Waals surface area (Å²) in [5.41, 5.74) is 3.24. The van der Waals surface area contributed by atoms with Crippen LogP contribution < -0.4 is 0 Å². The first-order valence-corrected chi connectivity index (χ1v) is 3.51. The fourth-order valence-electron chi connectivity index (χ4n) is 1.16. The van der Waals surface area contributed by atoms with E-state index in [1.165, 1.54) is 19.3 Å². The van der Waals surface area contributed by atoms with Crippen molar-refractivity contribution in [2.45, 2.75) is 19.3 Å². The maximum Gasteiger partial charge on any atom is -0.00948 e. The Balaban J connectivity index is 2.24. The summed E-state index contributed by atoms with van der Waals surface area (Å²) in [5, 5.41) is 0. The van der Waals surface area contributed by atoms with E-state index in [1.54, 1.807) is 11.1 Å². The van der Waals surface area contributed by atoms with E-state index in [-0.39, 0.29) is 0 Å². The first-order chi connectivity index (χ1) is 4.47. The predicted molar refractivity (Wildman–Crippen MR) is 39.2 cm³/mol. The SMILES string of the molecule is C1=CCC(=C2CC2)C=C1. The Hall–Kier alpha value is -0.780. The number of rotatable bonds is 0. The third-order valence-corrected chi connectivity index (χ3v) is 1.84. The van der Waals surface area contributed by atoms with E-state index < -0.39 is 0 Å². The Morgan fingerprint density at radius 3 is 2.56 bits per heavy atom. The minimum absolute atomic E-state index is 1.17. The molecule has 0 aromatic rings. The smallest absolute Gasteiger partial charge is 0.00948 e. The summed E-state index contributed by atoms with van der Waals surface area (Å²) in [4.78, 5) is 0. The van der Waals surface area contributed by atoms with Gasteiger partial charge in [0.15, 0.2) is 0 Å². The molecule has 0 spiro atoms. The Bertz CT molecular complexity index is 198. The molecule has 0 amide bonds.